The molecule has 0 radical (unpaired) electrons. The average Bonchev–Trinajstić information content (AvgIpc) is 3.13. The van der Waals surface area contributed by atoms with Gasteiger partial charge in [-0.15, -0.1) is 0 Å². The molecule has 170 valence electrons. The highest BCUT2D eigenvalue weighted by atomic mass is 19.4. The summed E-state index contributed by atoms with van der Waals surface area (Å²) in [4.78, 5) is 20.7. The molecule has 2 aromatic carbocycles. The highest BCUT2D eigenvalue weighted by molar-refractivity contribution is 5.98. The Hall–Kier alpha value is -3.67. The topological polar surface area (TPSA) is 72.8 Å². The summed E-state index contributed by atoms with van der Waals surface area (Å²) in [5, 5.41) is 8.89. The molecule has 1 aliphatic heterocycles. The van der Waals surface area contributed by atoms with Crippen LogP contribution in [0, 0.1) is 32.1 Å². The lowest BCUT2D eigenvalue weighted by Crippen LogP contribution is -2.58. The third-order valence-corrected chi connectivity index (χ3v) is 5.86. The van der Waals surface area contributed by atoms with Gasteiger partial charge in [-0.3, -0.25) is 4.79 Å². The van der Waals surface area contributed by atoms with Crippen molar-refractivity contribution in [3.05, 3.63) is 75.7 Å². The first-order valence-corrected chi connectivity index (χ1v) is 10.2. The van der Waals surface area contributed by atoms with Crippen molar-refractivity contribution in [2.75, 3.05) is 13.1 Å². The lowest BCUT2D eigenvalue weighted by molar-refractivity contribution is -0.140. The predicted octanol–water partition coefficient (Wildman–Crippen LogP) is 5.21. The second-order valence-electron chi connectivity index (χ2n) is 8.34. The highest BCUT2D eigenvalue weighted by Gasteiger charge is 2.47. The summed E-state index contributed by atoms with van der Waals surface area (Å²) in [6.45, 7) is 4.41. The normalized spacial score (nSPS) is 15.2. The maximum atomic E-state index is 15.3. The number of aryl methyl sites for hydroxylation is 3. The predicted molar refractivity (Wildman–Crippen MR) is 113 cm³/mol. The van der Waals surface area contributed by atoms with Gasteiger partial charge in [0.15, 0.2) is 11.4 Å². The number of rotatable bonds is 3. The second-order valence-corrected chi connectivity index (χ2v) is 8.34. The number of nitrogens with one attached hydrogen (secondary N) is 1. The zero-order valence-electron chi connectivity index (χ0n) is 18.1. The van der Waals surface area contributed by atoms with E-state index in [4.69, 9.17) is 5.26 Å². The summed E-state index contributed by atoms with van der Waals surface area (Å²) in [6.07, 6.45) is -4.66. The van der Waals surface area contributed by atoms with Crippen LogP contribution in [0.2, 0.25) is 0 Å². The number of likely N-dealkylation sites (tertiary alicyclic amines) is 1. The minimum absolute atomic E-state index is 0.109. The van der Waals surface area contributed by atoms with Crippen LogP contribution in [0.3, 0.4) is 0 Å². The molecule has 4 rings (SSSR count). The van der Waals surface area contributed by atoms with Gasteiger partial charge in [0, 0.05) is 11.1 Å². The van der Waals surface area contributed by atoms with E-state index in [0.717, 1.165) is 0 Å². The number of amides is 1. The molecule has 1 saturated heterocycles. The van der Waals surface area contributed by atoms with E-state index in [2.05, 4.69) is 9.97 Å². The van der Waals surface area contributed by atoms with E-state index in [1.807, 2.05) is 6.07 Å². The fraction of sp³-hybridized carbons (Fsp3) is 0.292. The van der Waals surface area contributed by atoms with Crippen molar-refractivity contribution in [3.8, 4) is 17.3 Å². The molecule has 0 atom stereocenters. The summed E-state index contributed by atoms with van der Waals surface area (Å²) in [6, 6.07) is 11.1. The molecule has 1 N–H and O–H groups in total. The largest absolute Gasteiger partial charge is 0.435 e. The van der Waals surface area contributed by atoms with Gasteiger partial charge in [-0.05, 0) is 55.7 Å². The summed E-state index contributed by atoms with van der Waals surface area (Å²) in [7, 11) is 0. The number of benzene rings is 2. The molecule has 0 unspecified atom stereocenters. The minimum atomic E-state index is -4.66. The third-order valence-electron chi connectivity index (χ3n) is 5.86. The number of hydrogen-bond acceptors (Lipinski definition) is 3. The Kier molecular flexibility index (Phi) is 5.27. The van der Waals surface area contributed by atoms with Gasteiger partial charge in [-0.25, -0.2) is 9.37 Å². The number of imidazole rings is 1. The number of alkyl halides is 4. The monoisotopic (exact) mass is 456 g/mol. The van der Waals surface area contributed by atoms with Gasteiger partial charge in [-0.2, -0.15) is 18.4 Å². The number of aromatic amines is 1. The molecule has 1 amide bonds. The number of aromatic nitrogens is 2. The van der Waals surface area contributed by atoms with Crippen LogP contribution in [0.4, 0.5) is 17.6 Å². The van der Waals surface area contributed by atoms with Gasteiger partial charge in [0.2, 0.25) is 0 Å². The Morgan fingerprint density at radius 3 is 2.33 bits per heavy atom. The van der Waals surface area contributed by atoms with E-state index >= 15 is 4.39 Å². The molecule has 3 aromatic rings. The Bertz CT molecular complexity index is 1280. The van der Waals surface area contributed by atoms with Crippen molar-refractivity contribution in [1.82, 2.24) is 14.9 Å². The zero-order valence-corrected chi connectivity index (χ0v) is 18.1. The summed E-state index contributed by atoms with van der Waals surface area (Å²) in [5.74, 6) is -0.349. The van der Waals surface area contributed by atoms with Crippen LogP contribution in [0.1, 0.15) is 44.1 Å². The van der Waals surface area contributed by atoms with Gasteiger partial charge in [0.25, 0.3) is 5.91 Å². The number of nitriles is 1. The first-order chi connectivity index (χ1) is 15.4. The van der Waals surface area contributed by atoms with E-state index in [-0.39, 0.29) is 35.7 Å². The number of H-pyrrole nitrogens is 1. The van der Waals surface area contributed by atoms with Crippen LogP contribution in [-0.4, -0.2) is 33.9 Å². The van der Waals surface area contributed by atoms with E-state index in [0.29, 0.717) is 22.3 Å². The molecule has 0 saturated carbocycles. The summed E-state index contributed by atoms with van der Waals surface area (Å²) < 4.78 is 55.7. The first-order valence-electron chi connectivity index (χ1n) is 10.2. The summed E-state index contributed by atoms with van der Waals surface area (Å²) in [5.41, 5.74) is -0.645. The van der Waals surface area contributed by atoms with Crippen molar-refractivity contribution in [2.24, 2.45) is 0 Å². The van der Waals surface area contributed by atoms with Crippen LogP contribution < -0.4 is 0 Å². The Balaban J connectivity index is 1.63. The van der Waals surface area contributed by atoms with Crippen LogP contribution in [-0.2, 0) is 11.8 Å². The highest BCUT2D eigenvalue weighted by Crippen LogP contribution is 2.40. The van der Waals surface area contributed by atoms with Crippen molar-refractivity contribution >= 4 is 5.91 Å². The molecule has 1 aliphatic rings. The van der Waals surface area contributed by atoms with E-state index in [1.165, 1.54) is 42.2 Å². The maximum Gasteiger partial charge on any atom is 0.435 e. The van der Waals surface area contributed by atoms with Crippen LogP contribution in [0.15, 0.2) is 36.4 Å². The summed E-state index contributed by atoms with van der Waals surface area (Å²) >= 11 is 0. The van der Waals surface area contributed by atoms with Gasteiger partial charge in [0.05, 0.1) is 30.4 Å². The van der Waals surface area contributed by atoms with E-state index < -0.39 is 23.4 Å². The lowest BCUT2D eigenvalue weighted by atomic mass is 9.86. The van der Waals surface area contributed by atoms with Crippen molar-refractivity contribution in [1.29, 1.82) is 5.26 Å². The molecular formula is C24H20F4N4O. The van der Waals surface area contributed by atoms with Crippen molar-refractivity contribution < 1.29 is 22.4 Å². The lowest BCUT2D eigenvalue weighted by Gasteiger charge is -2.45. The van der Waals surface area contributed by atoms with Crippen LogP contribution in [0.25, 0.3) is 11.3 Å². The molecule has 33 heavy (non-hydrogen) atoms. The van der Waals surface area contributed by atoms with Crippen LogP contribution >= 0.6 is 0 Å². The molecule has 5 nitrogen and oxygen atoms in total. The minimum Gasteiger partial charge on any atom is -0.342 e. The van der Waals surface area contributed by atoms with Crippen molar-refractivity contribution in [3.63, 3.8) is 0 Å². The van der Waals surface area contributed by atoms with E-state index in [9.17, 15) is 18.0 Å². The van der Waals surface area contributed by atoms with E-state index in [1.54, 1.807) is 19.9 Å². The van der Waals surface area contributed by atoms with Gasteiger partial charge < -0.3 is 9.88 Å². The molecule has 1 fully saturated rings. The number of halogens is 4. The molecule has 2 heterocycles. The number of nitrogens with zero attached hydrogens (tertiary/aromatic N) is 3. The van der Waals surface area contributed by atoms with Crippen molar-refractivity contribution in [2.45, 2.75) is 32.6 Å². The Morgan fingerprint density at radius 1 is 1.12 bits per heavy atom. The third kappa shape index (κ3) is 3.97. The molecule has 9 heteroatoms. The average molecular weight is 456 g/mol. The fourth-order valence-electron chi connectivity index (χ4n) is 4.14. The SMILES string of the molecule is Cc1nc(C(F)(F)F)c(-c2cc(C(=O)N3CC(F)(c4ccc(C#N)cc4)C3)c(C)cc2C)[nH]1. The molecule has 0 bridgehead atoms. The molecule has 0 aliphatic carbocycles. The number of carbonyl (C=O) groups is 1. The Morgan fingerprint density at radius 2 is 1.76 bits per heavy atom. The second kappa shape index (κ2) is 7.73. The van der Waals surface area contributed by atoms with Crippen LogP contribution in [0.5, 0.6) is 0 Å². The molecule has 0 spiro atoms. The van der Waals surface area contributed by atoms with Gasteiger partial charge in [0.1, 0.15) is 5.82 Å². The number of carbonyl (C=O) groups excluding carboxylic acids is 1. The first kappa shape index (κ1) is 22.5. The molecular weight excluding hydrogens is 436 g/mol. The van der Waals surface area contributed by atoms with Gasteiger partial charge in [-0.1, -0.05) is 18.2 Å². The maximum absolute atomic E-state index is 15.3. The zero-order chi connectivity index (χ0) is 24.1. The van der Waals surface area contributed by atoms with Gasteiger partial charge >= 0.3 is 6.18 Å². The standard InChI is InChI=1S/C24H20F4N4O/c1-13-8-14(2)19(9-18(13)20-21(24(26,27)28)31-15(3)30-20)22(33)32-11-23(25,12-32)17-6-4-16(10-29)5-7-17/h4-9H,11-12H2,1-3H3,(H,30,31). The quantitative estimate of drug-likeness (QED) is 0.550. The Labute approximate surface area is 187 Å². The smallest absolute Gasteiger partial charge is 0.342 e. The number of hydrogen-bond donors (Lipinski definition) is 1. The fourth-order valence-corrected chi connectivity index (χ4v) is 4.14. The molecule has 1 aromatic heterocycles.